The highest BCUT2D eigenvalue weighted by Gasteiger charge is 2.41. The number of benzene rings is 2. The van der Waals surface area contributed by atoms with Crippen molar-refractivity contribution >= 4 is 11.7 Å². The van der Waals surface area contributed by atoms with Crippen LogP contribution in [0.25, 0.3) is 39.5 Å². The predicted octanol–water partition coefficient (Wildman–Crippen LogP) is 6.96. The lowest BCUT2D eigenvalue weighted by Gasteiger charge is -2.43. The molecule has 0 unspecified atom stereocenters. The van der Waals surface area contributed by atoms with Gasteiger partial charge in [0.25, 0.3) is 0 Å². The van der Waals surface area contributed by atoms with Crippen molar-refractivity contribution in [1.82, 2.24) is 24.7 Å². The van der Waals surface area contributed by atoms with Crippen LogP contribution >= 0.6 is 0 Å². The number of hydrogen-bond donors (Lipinski definition) is 2. The van der Waals surface area contributed by atoms with Crippen molar-refractivity contribution in [3.05, 3.63) is 90.9 Å². The lowest BCUT2D eigenvalue weighted by molar-refractivity contribution is 0.0377. The zero-order valence-corrected chi connectivity index (χ0v) is 21.9. The summed E-state index contributed by atoms with van der Waals surface area (Å²) in [6, 6.07) is 22.9. The van der Waals surface area contributed by atoms with Crippen molar-refractivity contribution in [2.24, 2.45) is 0 Å². The summed E-state index contributed by atoms with van der Waals surface area (Å²) in [6.45, 7) is 5.64. The molecule has 192 valence electrons. The molecule has 0 saturated heterocycles. The van der Waals surface area contributed by atoms with Gasteiger partial charge >= 0.3 is 6.09 Å². The first-order valence-corrected chi connectivity index (χ1v) is 13.0. The fourth-order valence-electron chi connectivity index (χ4n) is 5.15. The number of amides is 1. The molecule has 0 aliphatic heterocycles. The number of carbonyl (C=O) groups is 1. The number of H-pyrrole nitrogens is 1. The molecule has 0 radical (unpaired) electrons. The van der Waals surface area contributed by atoms with Crippen molar-refractivity contribution in [2.75, 3.05) is 0 Å². The molecule has 1 aliphatic carbocycles. The second kappa shape index (κ2) is 9.17. The van der Waals surface area contributed by atoms with E-state index in [-0.39, 0.29) is 11.6 Å². The van der Waals surface area contributed by atoms with E-state index >= 15 is 0 Å². The van der Waals surface area contributed by atoms with E-state index in [1.807, 2.05) is 45.2 Å². The number of aromatic nitrogens is 4. The van der Waals surface area contributed by atoms with Crippen LogP contribution in [0.1, 0.15) is 45.6 Å². The molecule has 5 aromatic rings. The van der Waals surface area contributed by atoms with Crippen LogP contribution in [0.2, 0.25) is 0 Å². The molecule has 38 heavy (non-hydrogen) atoms. The number of rotatable bonds is 5. The minimum Gasteiger partial charge on any atom is -0.444 e. The second-order valence-electron chi connectivity index (χ2n) is 10.9. The average molecular weight is 506 g/mol. The summed E-state index contributed by atoms with van der Waals surface area (Å²) in [5.74, 6) is 0.811. The third-order valence-electron chi connectivity index (χ3n) is 7.10. The number of pyridine rings is 1. The number of imidazole rings is 2. The molecule has 0 bridgehead atoms. The van der Waals surface area contributed by atoms with E-state index in [4.69, 9.17) is 9.72 Å². The molecule has 3 aromatic heterocycles. The SMILES string of the molecule is CC(C)(C)OC(=O)NC1(c2ccc(-c3nc4cc(-c5ncc[nH]5)ccn4c3-c3ccccc3)cc2)CCC1. The Morgan fingerprint density at radius 1 is 1.00 bits per heavy atom. The summed E-state index contributed by atoms with van der Waals surface area (Å²) in [4.78, 5) is 25.2. The Morgan fingerprint density at radius 2 is 1.76 bits per heavy atom. The molecular formula is C31H31N5O2. The zero-order valence-electron chi connectivity index (χ0n) is 21.9. The molecular weight excluding hydrogens is 474 g/mol. The molecule has 1 fully saturated rings. The maximum Gasteiger partial charge on any atom is 0.408 e. The van der Waals surface area contributed by atoms with Crippen molar-refractivity contribution in [3.63, 3.8) is 0 Å². The van der Waals surface area contributed by atoms with E-state index in [0.29, 0.717) is 0 Å². The number of ether oxygens (including phenoxy) is 1. The van der Waals surface area contributed by atoms with Crippen LogP contribution in [0.4, 0.5) is 4.79 Å². The highest BCUT2D eigenvalue weighted by atomic mass is 16.6. The summed E-state index contributed by atoms with van der Waals surface area (Å²) in [5, 5.41) is 3.15. The number of carbonyl (C=O) groups excluding carboxylic acids is 1. The van der Waals surface area contributed by atoms with Gasteiger partial charge in [-0.3, -0.25) is 4.40 Å². The van der Waals surface area contributed by atoms with Crippen LogP contribution in [-0.4, -0.2) is 31.0 Å². The van der Waals surface area contributed by atoms with Gasteiger partial charge in [-0.1, -0.05) is 54.6 Å². The van der Waals surface area contributed by atoms with Gasteiger partial charge in [-0.15, -0.1) is 0 Å². The quantitative estimate of drug-likeness (QED) is 0.270. The maximum absolute atomic E-state index is 12.6. The summed E-state index contributed by atoms with van der Waals surface area (Å²) < 4.78 is 7.68. The van der Waals surface area contributed by atoms with Crippen molar-refractivity contribution in [2.45, 2.75) is 51.2 Å². The van der Waals surface area contributed by atoms with Gasteiger partial charge in [0.15, 0.2) is 0 Å². The molecule has 0 spiro atoms. The normalized spacial score (nSPS) is 14.7. The lowest BCUT2D eigenvalue weighted by Crippen LogP contribution is -2.52. The molecule has 2 N–H and O–H groups in total. The molecule has 7 heteroatoms. The molecule has 1 amide bonds. The fourth-order valence-corrected chi connectivity index (χ4v) is 5.15. The monoisotopic (exact) mass is 505 g/mol. The molecule has 2 aromatic carbocycles. The molecule has 7 nitrogen and oxygen atoms in total. The minimum atomic E-state index is -0.535. The number of fused-ring (bicyclic) bond motifs is 1. The van der Waals surface area contributed by atoms with Crippen LogP contribution in [0, 0.1) is 0 Å². The summed E-state index contributed by atoms with van der Waals surface area (Å²) >= 11 is 0. The van der Waals surface area contributed by atoms with E-state index in [2.05, 4.69) is 74.4 Å². The van der Waals surface area contributed by atoms with Crippen LogP contribution < -0.4 is 5.32 Å². The molecule has 0 atom stereocenters. The Kier molecular flexibility index (Phi) is 5.79. The van der Waals surface area contributed by atoms with Crippen LogP contribution in [0.15, 0.2) is 85.3 Å². The zero-order chi connectivity index (χ0) is 26.3. The largest absolute Gasteiger partial charge is 0.444 e. The Hall–Kier alpha value is -4.39. The summed E-state index contributed by atoms with van der Waals surface area (Å²) in [5.41, 5.74) is 6.03. The van der Waals surface area contributed by atoms with Gasteiger partial charge in [-0.2, -0.15) is 0 Å². The van der Waals surface area contributed by atoms with Gasteiger partial charge in [0, 0.05) is 35.3 Å². The van der Waals surface area contributed by atoms with Gasteiger partial charge in [0.05, 0.1) is 16.9 Å². The van der Waals surface area contributed by atoms with Gasteiger partial charge in [0.1, 0.15) is 17.1 Å². The van der Waals surface area contributed by atoms with Crippen molar-refractivity contribution < 1.29 is 9.53 Å². The van der Waals surface area contributed by atoms with Gasteiger partial charge in [-0.05, 0) is 57.7 Å². The molecule has 1 aliphatic rings. The number of hydrogen-bond acceptors (Lipinski definition) is 4. The Balaban J connectivity index is 1.39. The maximum atomic E-state index is 12.6. The summed E-state index contributed by atoms with van der Waals surface area (Å²) in [6.07, 6.45) is 8.10. The van der Waals surface area contributed by atoms with E-state index in [1.54, 1.807) is 6.20 Å². The van der Waals surface area contributed by atoms with Crippen LogP contribution in [0.5, 0.6) is 0 Å². The first-order chi connectivity index (χ1) is 18.3. The highest BCUT2D eigenvalue weighted by molar-refractivity contribution is 5.83. The highest BCUT2D eigenvalue weighted by Crippen LogP contribution is 2.42. The molecule has 3 heterocycles. The van der Waals surface area contributed by atoms with Crippen molar-refractivity contribution in [3.8, 4) is 33.9 Å². The smallest absolute Gasteiger partial charge is 0.408 e. The average Bonchev–Trinajstić information content (AvgIpc) is 3.54. The second-order valence-corrected chi connectivity index (χ2v) is 10.9. The topological polar surface area (TPSA) is 84.3 Å². The molecule has 1 saturated carbocycles. The number of nitrogens with one attached hydrogen (secondary N) is 2. The third kappa shape index (κ3) is 4.45. The Morgan fingerprint density at radius 3 is 2.39 bits per heavy atom. The van der Waals surface area contributed by atoms with E-state index < -0.39 is 5.60 Å². The van der Waals surface area contributed by atoms with Gasteiger partial charge in [0.2, 0.25) is 0 Å². The standard InChI is InChI=1S/C31H31N5O2/c1-30(2,3)38-29(37)35-31(15-7-16-31)24-12-10-21(11-13-24)26-27(22-8-5-4-6-9-22)36-19-14-23(20-25(36)34-26)28-32-17-18-33-28/h4-6,8-14,17-20H,7,15-16H2,1-3H3,(H,32,33)(H,35,37). The van der Waals surface area contributed by atoms with Gasteiger partial charge in [-0.25, -0.2) is 14.8 Å². The van der Waals surface area contributed by atoms with E-state index in [0.717, 1.165) is 64.4 Å². The lowest BCUT2D eigenvalue weighted by atomic mass is 9.71. The number of nitrogens with zero attached hydrogens (tertiary/aromatic N) is 3. The summed E-state index contributed by atoms with van der Waals surface area (Å²) in [7, 11) is 0. The van der Waals surface area contributed by atoms with Crippen LogP contribution in [0.3, 0.4) is 0 Å². The molecule has 6 rings (SSSR count). The Labute approximate surface area is 221 Å². The minimum absolute atomic E-state index is 0.375. The first kappa shape index (κ1) is 24.0. The first-order valence-electron chi connectivity index (χ1n) is 13.0. The van der Waals surface area contributed by atoms with E-state index in [1.165, 1.54) is 0 Å². The number of aromatic amines is 1. The number of alkyl carbamates (subject to hydrolysis) is 1. The fraction of sp³-hybridized carbons (Fsp3) is 0.258. The van der Waals surface area contributed by atoms with E-state index in [9.17, 15) is 4.79 Å². The Bertz CT molecular complexity index is 1580. The van der Waals surface area contributed by atoms with Gasteiger partial charge < -0.3 is 15.0 Å². The predicted molar refractivity (Wildman–Crippen MR) is 149 cm³/mol. The third-order valence-corrected chi connectivity index (χ3v) is 7.10. The van der Waals surface area contributed by atoms with Crippen LogP contribution in [-0.2, 0) is 10.3 Å². The van der Waals surface area contributed by atoms with Crippen molar-refractivity contribution in [1.29, 1.82) is 0 Å².